The van der Waals surface area contributed by atoms with Crippen molar-refractivity contribution < 1.29 is 27.8 Å². The molecule has 4 aromatic heterocycles. The number of rotatable bonds is 14. The smallest absolute Gasteiger partial charge is 0.221 e. The van der Waals surface area contributed by atoms with Crippen molar-refractivity contribution in [3.63, 3.8) is 0 Å². The van der Waals surface area contributed by atoms with Crippen molar-refractivity contribution in [2.24, 2.45) is 5.73 Å². The highest BCUT2D eigenvalue weighted by atomic mass is 35.5. The highest BCUT2D eigenvalue weighted by molar-refractivity contribution is 7.17. The van der Waals surface area contributed by atoms with Crippen LogP contribution in [-0.4, -0.2) is 58.1 Å². The summed E-state index contributed by atoms with van der Waals surface area (Å²) < 4.78 is 37.4. The summed E-state index contributed by atoms with van der Waals surface area (Å²) in [7, 11) is 0. The van der Waals surface area contributed by atoms with Crippen molar-refractivity contribution in [1.29, 1.82) is 0 Å². The molecule has 0 aliphatic heterocycles. The molecule has 17 heteroatoms. The van der Waals surface area contributed by atoms with Gasteiger partial charge in [0.2, 0.25) is 11.8 Å². The number of nitrogens with one attached hydrogen (secondary N) is 3. The Labute approximate surface area is 375 Å². The molecule has 0 radical (unpaired) electrons. The Hall–Kier alpha value is -6.59. The molecule has 0 bridgehead atoms. The first-order valence-corrected chi connectivity index (χ1v) is 21.8. The van der Waals surface area contributed by atoms with Crippen molar-refractivity contribution in [2.75, 3.05) is 42.3 Å². The first kappa shape index (κ1) is 45.9. The van der Waals surface area contributed by atoms with Gasteiger partial charge in [-0.15, -0.1) is 22.7 Å². The minimum atomic E-state index is -0.263. The number of hydrogen-bond donors (Lipinski definition) is 4. The number of halogens is 3. The minimum absolute atomic E-state index is 0.0888. The fourth-order valence-corrected chi connectivity index (χ4v) is 8.13. The van der Waals surface area contributed by atoms with E-state index in [4.69, 9.17) is 26.8 Å². The van der Waals surface area contributed by atoms with Crippen LogP contribution in [0.4, 0.5) is 26.0 Å². The van der Waals surface area contributed by atoms with Gasteiger partial charge in [-0.1, -0.05) is 48.0 Å². The fraction of sp³-hybridized carbons (Fsp3) is 0.174. The molecule has 0 fully saturated rings. The number of amides is 2. The molecule has 5 N–H and O–H groups in total. The Bertz CT molecular complexity index is 2760. The number of hydrogen-bond acceptors (Lipinski definition) is 12. The van der Waals surface area contributed by atoms with Gasteiger partial charge in [-0.3, -0.25) is 9.59 Å². The van der Waals surface area contributed by atoms with Crippen molar-refractivity contribution >= 4 is 83.7 Å². The summed E-state index contributed by atoms with van der Waals surface area (Å²) in [6.45, 7) is 5.33. The molecule has 0 aliphatic rings. The zero-order valence-corrected chi connectivity index (χ0v) is 36.6. The van der Waals surface area contributed by atoms with E-state index < -0.39 is 0 Å². The van der Waals surface area contributed by atoms with Crippen molar-refractivity contribution in [1.82, 2.24) is 19.9 Å². The standard InChI is InChI=1S/C23H21FN4O2S.C12H6ClFN2S.C11H16N2O2/c1-15(29)28-18-4-2-5-19(12-18)30-11-3-10-25-22-21-20(13-31-23(21)27-14-26-22)16-6-8-17(24)9-7-16;13-11-10-9(5-17-12(10)16-6-15-11)7-1-3-8(14)4-2-7;1-9(14)13-10-4-2-5-11(8-10)15-7-3-6-12/h2,4-9,12-14H,3,10-11H2,1H3,(H,28,29)(H,25,26,27);1-6H;2,4-5,8H,3,6-7,12H2,1H3,(H,13,14). The molecule has 0 atom stereocenters. The first-order valence-electron chi connectivity index (χ1n) is 19.6. The number of carbonyl (C=O) groups excluding carboxylic acids is 2. The normalized spacial score (nSPS) is 10.6. The topological polar surface area (TPSA) is 166 Å². The Balaban J connectivity index is 0.000000174. The quantitative estimate of drug-likeness (QED) is 0.0609. The molecule has 63 heavy (non-hydrogen) atoms. The number of nitrogens with two attached hydrogens (primary N) is 1. The highest BCUT2D eigenvalue weighted by Gasteiger charge is 2.14. The van der Waals surface area contributed by atoms with Gasteiger partial charge >= 0.3 is 0 Å². The van der Waals surface area contributed by atoms with Crippen LogP contribution in [0.5, 0.6) is 11.5 Å². The molecule has 0 saturated heterocycles. The van der Waals surface area contributed by atoms with E-state index in [1.165, 1.54) is 67.1 Å². The first-order chi connectivity index (χ1) is 30.6. The number of benzene rings is 4. The molecule has 4 aromatic carbocycles. The van der Waals surface area contributed by atoms with E-state index in [1.54, 1.807) is 42.7 Å². The van der Waals surface area contributed by atoms with E-state index in [0.717, 1.165) is 72.8 Å². The van der Waals surface area contributed by atoms with Crippen LogP contribution < -0.4 is 31.2 Å². The molecule has 8 aromatic rings. The summed E-state index contributed by atoms with van der Waals surface area (Å²) in [5.74, 6) is 1.47. The van der Waals surface area contributed by atoms with Crippen LogP contribution in [0.2, 0.25) is 5.15 Å². The van der Waals surface area contributed by atoms with E-state index >= 15 is 0 Å². The minimum Gasteiger partial charge on any atom is -0.493 e. The van der Waals surface area contributed by atoms with Gasteiger partial charge in [-0.25, -0.2) is 28.7 Å². The SMILES string of the molecule is CC(=O)Nc1cccc(OCCCN)c1.CC(=O)Nc1cccc(OCCCNc2ncnc3scc(-c4ccc(F)cc4)c23)c1.Fc1ccc(-c2csc3ncnc(Cl)c23)cc1. The van der Waals surface area contributed by atoms with Gasteiger partial charge in [-0.05, 0) is 79.0 Å². The van der Waals surface area contributed by atoms with Gasteiger partial charge < -0.3 is 31.2 Å². The molecule has 4 heterocycles. The second-order valence-corrected chi connectivity index (χ2v) is 15.7. The Morgan fingerprint density at radius 3 is 1.68 bits per heavy atom. The largest absolute Gasteiger partial charge is 0.493 e. The lowest BCUT2D eigenvalue weighted by Crippen LogP contribution is -2.09. The average molecular weight is 909 g/mol. The molecule has 8 rings (SSSR count). The lowest BCUT2D eigenvalue weighted by Gasteiger charge is -2.10. The second kappa shape index (κ2) is 23.0. The molecule has 12 nitrogen and oxygen atoms in total. The maximum Gasteiger partial charge on any atom is 0.221 e. The van der Waals surface area contributed by atoms with Crippen molar-refractivity contribution in [3.8, 4) is 33.8 Å². The third-order valence-corrected chi connectivity index (χ3v) is 10.9. The molecular weight excluding hydrogens is 866 g/mol. The highest BCUT2D eigenvalue weighted by Crippen LogP contribution is 2.37. The summed E-state index contributed by atoms with van der Waals surface area (Å²) in [6.07, 6.45) is 4.56. The van der Waals surface area contributed by atoms with Crippen molar-refractivity contribution in [3.05, 3.63) is 137 Å². The maximum absolute atomic E-state index is 13.3. The third-order valence-electron chi connectivity index (χ3n) is 8.81. The Morgan fingerprint density at radius 1 is 0.667 bits per heavy atom. The number of thiophene rings is 2. The van der Waals surface area contributed by atoms with Crippen LogP contribution in [0, 0.1) is 11.6 Å². The van der Waals surface area contributed by atoms with Gasteiger partial charge in [0, 0.05) is 65.8 Å². The van der Waals surface area contributed by atoms with Crippen LogP contribution in [0.15, 0.2) is 120 Å². The summed E-state index contributed by atoms with van der Waals surface area (Å²) in [5.41, 5.74) is 10.6. The molecule has 2 amide bonds. The molecule has 0 saturated carbocycles. The summed E-state index contributed by atoms with van der Waals surface area (Å²) >= 11 is 9.10. The van der Waals surface area contributed by atoms with Crippen LogP contribution in [0.25, 0.3) is 42.7 Å². The van der Waals surface area contributed by atoms with Crippen LogP contribution in [0.1, 0.15) is 26.7 Å². The van der Waals surface area contributed by atoms with Gasteiger partial charge in [0.15, 0.2) is 0 Å². The Morgan fingerprint density at radius 2 is 1.16 bits per heavy atom. The van der Waals surface area contributed by atoms with E-state index in [-0.39, 0.29) is 23.4 Å². The lowest BCUT2D eigenvalue weighted by atomic mass is 10.1. The zero-order valence-electron chi connectivity index (χ0n) is 34.2. The van der Waals surface area contributed by atoms with Crippen LogP contribution >= 0.6 is 34.3 Å². The summed E-state index contributed by atoms with van der Waals surface area (Å²) in [4.78, 5) is 40.6. The van der Waals surface area contributed by atoms with Gasteiger partial charge in [0.05, 0.1) is 24.0 Å². The fourth-order valence-electron chi connectivity index (χ4n) is 6.01. The number of ether oxygens (including phenoxy) is 2. The summed E-state index contributed by atoms with van der Waals surface area (Å²) in [5, 5.41) is 15.0. The second-order valence-electron chi connectivity index (χ2n) is 13.6. The van der Waals surface area contributed by atoms with E-state index in [9.17, 15) is 18.4 Å². The predicted molar refractivity (Wildman–Crippen MR) is 250 cm³/mol. The van der Waals surface area contributed by atoms with E-state index in [0.29, 0.717) is 42.9 Å². The molecule has 0 spiro atoms. The number of anilines is 3. The maximum atomic E-state index is 13.3. The average Bonchev–Trinajstić information content (AvgIpc) is 3.91. The molecule has 0 unspecified atom stereocenters. The summed E-state index contributed by atoms with van der Waals surface area (Å²) in [6, 6.07) is 27.3. The van der Waals surface area contributed by atoms with Crippen molar-refractivity contribution in [2.45, 2.75) is 26.7 Å². The van der Waals surface area contributed by atoms with E-state index in [2.05, 4.69) is 35.9 Å². The van der Waals surface area contributed by atoms with Crippen LogP contribution in [0.3, 0.4) is 0 Å². The van der Waals surface area contributed by atoms with Gasteiger partial charge in [0.1, 0.15) is 56.4 Å². The number of carbonyl (C=O) groups is 2. The third kappa shape index (κ3) is 13.4. The zero-order chi connectivity index (χ0) is 44.6. The number of aromatic nitrogens is 4. The number of fused-ring (bicyclic) bond motifs is 2. The monoisotopic (exact) mass is 908 g/mol. The Kier molecular flexibility index (Phi) is 16.8. The predicted octanol–water partition coefficient (Wildman–Crippen LogP) is 10.9. The van der Waals surface area contributed by atoms with Crippen LogP contribution in [-0.2, 0) is 9.59 Å². The van der Waals surface area contributed by atoms with Gasteiger partial charge in [0.25, 0.3) is 0 Å². The lowest BCUT2D eigenvalue weighted by molar-refractivity contribution is -0.115. The van der Waals surface area contributed by atoms with Gasteiger partial charge in [-0.2, -0.15) is 0 Å². The molecular formula is C46H43ClF2N8O4S2. The number of nitrogens with zero attached hydrogens (tertiary/aromatic N) is 4. The molecule has 324 valence electrons. The van der Waals surface area contributed by atoms with E-state index in [1.807, 2.05) is 47.2 Å². The molecule has 0 aliphatic carbocycles.